The van der Waals surface area contributed by atoms with Crippen LogP contribution in [0.3, 0.4) is 0 Å². The number of hydrogen-bond acceptors (Lipinski definition) is 6. The molecule has 2 aromatic heterocycles. The van der Waals surface area contributed by atoms with Gasteiger partial charge in [-0.15, -0.1) is 5.10 Å². The van der Waals surface area contributed by atoms with E-state index in [1.54, 1.807) is 0 Å². The van der Waals surface area contributed by atoms with E-state index in [1.165, 1.54) is 10.7 Å². The molecule has 0 aromatic carbocycles. The van der Waals surface area contributed by atoms with Crippen molar-refractivity contribution in [3.63, 3.8) is 0 Å². The highest BCUT2D eigenvalue weighted by atomic mass is 32.2. The van der Waals surface area contributed by atoms with E-state index in [0.717, 1.165) is 10.6 Å². The average molecular weight is 398 g/mol. The monoisotopic (exact) mass is 398 g/mol. The Hall–Kier alpha value is -2.32. The number of nitriles is 1. The molecule has 0 amide bonds. The molecule has 0 spiro atoms. The number of hydrogen-bond donors (Lipinski definition) is 1. The third-order valence-electron chi connectivity index (χ3n) is 4.61. The maximum absolute atomic E-state index is 14.4. The van der Waals surface area contributed by atoms with Gasteiger partial charge < -0.3 is 5.32 Å². The van der Waals surface area contributed by atoms with Gasteiger partial charge in [-0.2, -0.15) is 9.57 Å². The van der Waals surface area contributed by atoms with Crippen molar-refractivity contribution in [1.82, 2.24) is 18.9 Å². The molecule has 1 fully saturated rings. The lowest BCUT2D eigenvalue weighted by Gasteiger charge is -2.33. The predicted octanol–water partition coefficient (Wildman–Crippen LogP) is 1.65. The number of halogens is 2. The van der Waals surface area contributed by atoms with Gasteiger partial charge in [-0.05, 0) is 12.3 Å². The smallest absolute Gasteiger partial charge is 0.241 e. The Kier molecular flexibility index (Phi) is 5.05. The number of sulfonamides is 1. The van der Waals surface area contributed by atoms with Gasteiger partial charge in [0.15, 0.2) is 5.82 Å². The SMILES string of the molecule is CC(C)c1c(C#N)c(F)c2cnc(N[C@@H]3CCN(S(C)(=O)=O)C[C@H]3F)nn12. The number of fused-ring (bicyclic) bond motifs is 1. The van der Waals surface area contributed by atoms with E-state index in [2.05, 4.69) is 15.4 Å². The van der Waals surface area contributed by atoms with Crippen LogP contribution in [-0.2, 0) is 10.0 Å². The van der Waals surface area contributed by atoms with Crippen molar-refractivity contribution in [3.8, 4) is 6.07 Å². The first-order chi connectivity index (χ1) is 12.6. The van der Waals surface area contributed by atoms with Crippen molar-refractivity contribution in [2.45, 2.75) is 38.4 Å². The number of nitrogens with one attached hydrogen (secondary N) is 1. The normalized spacial score (nSPS) is 21.5. The molecule has 2 atom stereocenters. The molecule has 0 aliphatic carbocycles. The van der Waals surface area contributed by atoms with Gasteiger partial charge in [-0.1, -0.05) is 13.8 Å². The predicted molar refractivity (Wildman–Crippen MR) is 95.1 cm³/mol. The van der Waals surface area contributed by atoms with Crippen molar-refractivity contribution in [2.75, 3.05) is 24.7 Å². The maximum atomic E-state index is 14.4. The number of aromatic nitrogens is 3. The van der Waals surface area contributed by atoms with Gasteiger partial charge >= 0.3 is 0 Å². The molecule has 0 bridgehead atoms. The molecule has 11 heteroatoms. The summed E-state index contributed by atoms with van der Waals surface area (Å²) in [7, 11) is -3.45. The second-order valence-corrected chi connectivity index (χ2v) is 8.88. The largest absolute Gasteiger partial charge is 0.347 e. The van der Waals surface area contributed by atoms with Gasteiger partial charge in [-0.3, -0.25) is 0 Å². The number of anilines is 1. The lowest BCUT2D eigenvalue weighted by atomic mass is 10.1. The molecule has 1 N–H and O–H groups in total. The third-order valence-corrected chi connectivity index (χ3v) is 5.88. The van der Waals surface area contributed by atoms with Crippen molar-refractivity contribution in [3.05, 3.63) is 23.3 Å². The molecule has 27 heavy (non-hydrogen) atoms. The zero-order valence-corrected chi connectivity index (χ0v) is 16.0. The molecule has 1 aliphatic rings. The van der Waals surface area contributed by atoms with Crippen LogP contribution in [0.2, 0.25) is 0 Å². The van der Waals surface area contributed by atoms with E-state index in [0.29, 0.717) is 5.69 Å². The average Bonchev–Trinajstić information content (AvgIpc) is 2.87. The van der Waals surface area contributed by atoms with Gasteiger partial charge in [0.05, 0.1) is 24.2 Å². The first-order valence-corrected chi connectivity index (χ1v) is 10.3. The summed E-state index contributed by atoms with van der Waals surface area (Å²) < 4.78 is 54.3. The minimum absolute atomic E-state index is 0.0736. The van der Waals surface area contributed by atoms with Crippen molar-refractivity contribution >= 4 is 21.5 Å². The summed E-state index contributed by atoms with van der Waals surface area (Å²) in [5.74, 6) is -0.756. The molecule has 1 aliphatic heterocycles. The third kappa shape index (κ3) is 3.59. The van der Waals surface area contributed by atoms with Crippen molar-refractivity contribution in [2.24, 2.45) is 0 Å². The fourth-order valence-electron chi connectivity index (χ4n) is 3.24. The van der Waals surface area contributed by atoms with Crippen LogP contribution in [0.5, 0.6) is 0 Å². The minimum atomic E-state index is -3.45. The zero-order valence-electron chi connectivity index (χ0n) is 15.1. The zero-order chi connectivity index (χ0) is 19.9. The number of nitrogens with zero attached hydrogens (tertiary/aromatic N) is 5. The van der Waals surface area contributed by atoms with Crippen LogP contribution in [-0.4, -0.2) is 58.9 Å². The number of piperidine rings is 1. The molecule has 0 saturated carbocycles. The Labute approximate surface area is 155 Å². The van der Waals surface area contributed by atoms with Gasteiger partial charge in [0.1, 0.15) is 23.3 Å². The lowest BCUT2D eigenvalue weighted by molar-refractivity contribution is 0.186. The second-order valence-electron chi connectivity index (χ2n) is 6.90. The van der Waals surface area contributed by atoms with Crippen LogP contribution in [0.25, 0.3) is 5.52 Å². The van der Waals surface area contributed by atoms with Crippen LogP contribution < -0.4 is 5.32 Å². The second kappa shape index (κ2) is 7.01. The van der Waals surface area contributed by atoms with E-state index in [4.69, 9.17) is 0 Å². The van der Waals surface area contributed by atoms with Crippen LogP contribution >= 0.6 is 0 Å². The molecule has 8 nitrogen and oxygen atoms in total. The minimum Gasteiger partial charge on any atom is -0.347 e. The Morgan fingerprint density at radius 1 is 1.44 bits per heavy atom. The highest BCUT2D eigenvalue weighted by molar-refractivity contribution is 7.88. The van der Waals surface area contributed by atoms with E-state index in [-0.39, 0.29) is 42.5 Å². The van der Waals surface area contributed by atoms with Gasteiger partial charge in [0.25, 0.3) is 0 Å². The fraction of sp³-hybridized carbons (Fsp3) is 0.562. The maximum Gasteiger partial charge on any atom is 0.241 e. The molecular formula is C16H20F2N6O2S. The van der Waals surface area contributed by atoms with Crippen molar-refractivity contribution < 1.29 is 17.2 Å². The first kappa shape index (κ1) is 19.4. The Morgan fingerprint density at radius 2 is 2.15 bits per heavy atom. The summed E-state index contributed by atoms with van der Waals surface area (Å²) in [6, 6.07) is 1.19. The van der Waals surface area contributed by atoms with Gasteiger partial charge in [0.2, 0.25) is 16.0 Å². The van der Waals surface area contributed by atoms with E-state index >= 15 is 0 Å². The number of alkyl halides is 1. The highest BCUT2D eigenvalue weighted by Gasteiger charge is 2.33. The van der Waals surface area contributed by atoms with E-state index < -0.39 is 28.1 Å². The quantitative estimate of drug-likeness (QED) is 0.840. The Morgan fingerprint density at radius 3 is 2.70 bits per heavy atom. The summed E-state index contributed by atoms with van der Waals surface area (Å²) in [6.07, 6.45) is 1.10. The highest BCUT2D eigenvalue weighted by Crippen LogP contribution is 2.27. The molecule has 0 radical (unpaired) electrons. The summed E-state index contributed by atoms with van der Waals surface area (Å²) in [5.41, 5.74) is 0.407. The summed E-state index contributed by atoms with van der Waals surface area (Å²) >= 11 is 0. The molecule has 2 aromatic rings. The summed E-state index contributed by atoms with van der Waals surface area (Å²) in [5, 5.41) is 16.3. The molecular weight excluding hydrogens is 378 g/mol. The van der Waals surface area contributed by atoms with Gasteiger partial charge in [-0.25, -0.2) is 26.7 Å². The lowest BCUT2D eigenvalue weighted by Crippen LogP contribution is -2.49. The molecule has 3 heterocycles. The van der Waals surface area contributed by atoms with Crippen LogP contribution in [0.1, 0.15) is 37.4 Å². The van der Waals surface area contributed by atoms with Crippen LogP contribution in [0.15, 0.2) is 6.20 Å². The van der Waals surface area contributed by atoms with Crippen LogP contribution in [0.4, 0.5) is 14.7 Å². The van der Waals surface area contributed by atoms with Crippen molar-refractivity contribution in [1.29, 1.82) is 5.26 Å². The first-order valence-electron chi connectivity index (χ1n) is 8.46. The van der Waals surface area contributed by atoms with Crippen LogP contribution in [0, 0.1) is 17.1 Å². The molecule has 3 rings (SSSR count). The van der Waals surface area contributed by atoms with E-state index in [9.17, 15) is 22.5 Å². The number of rotatable bonds is 4. The molecule has 0 unspecified atom stereocenters. The molecule has 1 saturated heterocycles. The standard InChI is InChI=1S/C16H20F2N6O2S/c1-9(2)15-10(6-19)14(18)13-7-20-16(22-24(13)15)21-12-4-5-23(8-11(12)17)27(3,25)26/h7,9,11-12H,4-5,8H2,1-3H3,(H,21,22)/t11-,12-/m1/s1. The Bertz CT molecular complexity index is 1010. The molecule has 146 valence electrons. The summed E-state index contributed by atoms with van der Waals surface area (Å²) in [4.78, 5) is 4.02. The summed E-state index contributed by atoms with van der Waals surface area (Å²) in [6.45, 7) is 3.57. The van der Waals surface area contributed by atoms with Gasteiger partial charge in [0, 0.05) is 13.1 Å². The topological polar surface area (TPSA) is 103 Å². The van der Waals surface area contributed by atoms with E-state index in [1.807, 2.05) is 19.9 Å². The fourth-order valence-corrected chi connectivity index (χ4v) is 4.09. The Balaban J connectivity index is 1.89.